The Morgan fingerprint density at radius 2 is 1.88 bits per heavy atom. The van der Waals surface area contributed by atoms with Crippen LogP contribution in [0.1, 0.15) is 63.0 Å². The van der Waals surface area contributed by atoms with Gasteiger partial charge < -0.3 is 9.47 Å². The number of aromatic nitrogens is 3. The number of fused-ring (bicyclic) bond motifs is 4. The summed E-state index contributed by atoms with van der Waals surface area (Å²) in [4.78, 5) is 29.2. The van der Waals surface area contributed by atoms with Gasteiger partial charge in [0, 0.05) is 19.0 Å². The number of carbonyl (C=O) groups excluding carboxylic acids is 2. The lowest BCUT2D eigenvalue weighted by atomic mass is 9.84. The maximum Gasteiger partial charge on any atom is 0.328 e. The molecule has 0 aromatic carbocycles. The van der Waals surface area contributed by atoms with E-state index in [1.165, 1.54) is 24.2 Å². The number of hydrogen-bond acceptors (Lipinski definition) is 4. The summed E-state index contributed by atoms with van der Waals surface area (Å²) in [5.41, 5.74) is 0. The Labute approximate surface area is 147 Å². The van der Waals surface area contributed by atoms with Gasteiger partial charge in [0.1, 0.15) is 11.9 Å². The number of carbonyl (C=O) groups is 2. The maximum absolute atomic E-state index is 13.0. The minimum absolute atomic E-state index is 0.0228. The zero-order valence-corrected chi connectivity index (χ0v) is 14.6. The van der Waals surface area contributed by atoms with E-state index in [0.717, 1.165) is 56.7 Å². The second-order valence-electron chi connectivity index (χ2n) is 7.97. The van der Waals surface area contributed by atoms with Crippen LogP contribution in [0.25, 0.3) is 0 Å². The van der Waals surface area contributed by atoms with Crippen LogP contribution in [0.4, 0.5) is 4.79 Å². The Morgan fingerprint density at radius 1 is 1.00 bits per heavy atom. The van der Waals surface area contributed by atoms with Crippen LogP contribution >= 0.6 is 0 Å². The van der Waals surface area contributed by atoms with Gasteiger partial charge in [0.15, 0.2) is 5.82 Å². The van der Waals surface area contributed by atoms with Crippen molar-refractivity contribution in [1.29, 1.82) is 0 Å². The molecule has 25 heavy (non-hydrogen) atoms. The van der Waals surface area contributed by atoms with Crippen LogP contribution in [0.15, 0.2) is 0 Å². The van der Waals surface area contributed by atoms with Crippen LogP contribution in [0.2, 0.25) is 0 Å². The molecule has 7 nitrogen and oxygen atoms in total. The van der Waals surface area contributed by atoms with E-state index in [1.54, 1.807) is 0 Å². The molecule has 7 heteroatoms. The lowest BCUT2D eigenvalue weighted by molar-refractivity contribution is -0.128. The van der Waals surface area contributed by atoms with Gasteiger partial charge in [0.2, 0.25) is 0 Å². The minimum atomic E-state index is -0.230. The smallest absolute Gasteiger partial charge is 0.313 e. The van der Waals surface area contributed by atoms with Gasteiger partial charge in [0.05, 0.1) is 6.54 Å². The molecule has 134 valence electrons. The largest absolute Gasteiger partial charge is 0.328 e. The van der Waals surface area contributed by atoms with Gasteiger partial charge in [-0.1, -0.05) is 19.3 Å². The van der Waals surface area contributed by atoms with E-state index in [0.29, 0.717) is 5.92 Å². The molecule has 3 unspecified atom stereocenters. The summed E-state index contributed by atoms with van der Waals surface area (Å²) in [5, 5.41) is 8.59. The summed E-state index contributed by atoms with van der Waals surface area (Å²) in [5.74, 6) is 2.27. The molecule has 3 amide bonds. The van der Waals surface area contributed by atoms with Crippen LogP contribution in [-0.2, 0) is 24.3 Å². The number of amides is 3. The molecule has 1 aromatic rings. The van der Waals surface area contributed by atoms with Crippen LogP contribution in [0.5, 0.6) is 0 Å². The van der Waals surface area contributed by atoms with Crippen molar-refractivity contribution in [2.45, 2.75) is 83.0 Å². The monoisotopic (exact) mass is 343 g/mol. The second kappa shape index (κ2) is 5.81. The number of aryl methyl sites for hydroxylation is 1. The van der Waals surface area contributed by atoms with Crippen LogP contribution < -0.4 is 0 Å². The zero-order valence-electron chi connectivity index (χ0n) is 14.6. The summed E-state index contributed by atoms with van der Waals surface area (Å²) in [6, 6.07) is -0.0572. The first-order chi connectivity index (χ1) is 12.2. The van der Waals surface area contributed by atoms with Crippen molar-refractivity contribution in [3.63, 3.8) is 0 Å². The topological polar surface area (TPSA) is 71.3 Å². The highest BCUT2D eigenvalue weighted by Gasteiger charge is 2.55. The third-order valence-electron chi connectivity index (χ3n) is 6.58. The van der Waals surface area contributed by atoms with E-state index >= 15 is 0 Å². The summed E-state index contributed by atoms with van der Waals surface area (Å²) in [7, 11) is 0. The Bertz CT molecular complexity index is 714. The quantitative estimate of drug-likeness (QED) is 0.771. The van der Waals surface area contributed by atoms with E-state index in [4.69, 9.17) is 0 Å². The third kappa shape index (κ3) is 2.31. The first kappa shape index (κ1) is 15.3. The van der Waals surface area contributed by atoms with Crippen molar-refractivity contribution in [3.8, 4) is 0 Å². The van der Waals surface area contributed by atoms with Crippen molar-refractivity contribution in [1.82, 2.24) is 24.6 Å². The Kier molecular flexibility index (Phi) is 3.57. The molecular weight excluding hydrogens is 318 g/mol. The van der Waals surface area contributed by atoms with Gasteiger partial charge in [-0.3, -0.25) is 9.69 Å². The molecule has 4 aliphatic rings. The van der Waals surface area contributed by atoms with Gasteiger partial charge in [-0.25, -0.2) is 4.79 Å². The van der Waals surface area contributed by atoms with Gasteiger partial charge in [-0.05, 0) is 38.0 Å². The number of rotatable bonds is 2. The van der Waals surface area contributed by atoms with Crippen molar-refractivity contribution >= 4 is 11.9 Å². The molecule has 0 N–H and O–H groups in total. The molecule has 0 radical (unpaired) electrons. The number of hydrogen-bond donors (Lipinski definition) is 0. The molecule has 3 aliphatic heterocycles. The molecule has 0 bridgehead atoms. The normalized spacial score (nSPS) is 31.8. The summed E-state index contributed by atoms with van der Waals surface area (Å²) in [6.45, 7) is 1.17. The molecule has 3 fully saturated rings. The highest BCUT2D eigenvalue weighted by Crippen LogP contribution is 2.43. The van der Waals surface area contributed by atoms with Gasteiger partial charge >= 0.3 is 6.03 Å². The van der Waals surface area contributed by atoms with Gasteiger partial charge in [-0.2, -0.15) is 0 Å². The van der Waals surface area contributed by atoms with Crippen LogP contribution in [-0.4, -0.2) is 48.6 Å². The fourth-order valence-electron chi connectivity index (χ4n) is 5.32. The average Bonchev–Trinajstić information content (AvgIpc) is 3.19. The number of imide groups is 1. The molecule has 4 heterocycles. The highest BCUT2D eigenvalue weighted by molar-refractivity contribution is 6.04. The lowest BCUT2D eigenvalue weighted by Crippen LogP contribution is -2.41. The van der Waals surface area contributed by atoms with Crippen molar-refractivity contribution in [3.05, 3.63) is 11.6 Å². The number of urea groups is 1. The predicted molar refractivity (Wildman–Crippen MR) is 89.5 cm³/mol. The highest BCUT2D eigenvalue weighted by atomic mass is 16.2. The molecule has 3 atom stereocenters. The van der Waals surface area contributed by atoms with Crippen molar-refractivity contribution in [2.75, 3.05) is 0 Å². The lowest BCUT2D eigenvalue weighted by Gasteiger charge is -2.30. The predicted octanol–water partition coefficient (Wildman–Crippen LogP) is 2.10. The molecule has 5 rings (SSSR count). The first-order valence-corrected chi connectivity index (χ1v) is 9.78. The standard InChI is InChI=1S/C18H25N5O2/c24-17-14-10-12-6-3-4-7-13(12)23(14)18(25)22(17)11-16-20-19-15-8-2-1-5-9-21(15)16/h12-14H,1-11H2. The maximum atomic E-state index is 13.0. The first-order valence-electron chi connectivity index (χ1n) is 9.78. The SMILES string of the molecule is O=C1C2CC3CCCCC3N2C(=O)N1Cc1nnc2n1CCCCC2. The van der Waals surface area contributed by atoms with E-state index in [9.17, 15) is 9.59 Å². The molecular formula is C18H25N5O2. The molecule has 1 saturated carbocycles. The second-order valence-corrected chi connectivity index (χ2v) is 7.97. The van der Waals surface area contributed by atoms with Crippen LogP contribution in [0.3, 0.4) is 0 Å². The zero-order chi connectivity index (χ0) is 17.0. The minimum Gasteiger partial charge on any atom is -0.313 e. The molecule has 2 saturated heterocycles. The summed E-state index contributed by atoms with van der Waals surface area (Å²) < 4.78 is 2.13. The summed E-state index contributed by atoms with van der Waals surface area (Å²) in [6.07, 6.45) is 9.85. The van der Waals surface area contributed by atoms with E-state index in [2.05, 4.69) is 14.8 Å². The van der Waals surface area contributed by atoms with Crippen molar-refractivity contribution < 1.29 is 9.59 Å². The Balaban J connectivity index is 1.38. The van der Waals surface area contributed by atoms with E-state index < -0.39 is 0 Å². The van der Waals surface area contributed by atoms with E-state index in [-0.39, 0.29) is 30.6 Å². The molecule has 0 spiro atoms. The van der Waals surface area contributed by atoms with Crippen LogP contribution in [0, 0.1) is 5.92 Å². The fourth-order valence-corrected chi connectivity index (χ4v) is 5.32. The molecule has 1 aromatic heterocycles. The average molecular weight is 343 g/mol. The molecule has 1 aliphatic carbocycles. The summed E-state index contributed by atoms with van der Waals surface area (Å²) >= 11 is 0. The number of nitrogens with zero attached hydrogens (tertiary/aromatic N) is 5. The Hall–Kier alpha value is -1.92. The van der Waals surface area contributed by atoms with E-state index in [1.807, 2.05) is 4.90 Å². The Morgan fingerprint density at radius 3 is 2.80 bits per heavy atom. The fraction of sp³-hybridized carbons (Fsp3) is 0.778. The van der Waals surface area contributed by atoms with Gasteiger partial charge in [0.25, 0.3) is 5.91 Å². The van der Waals surface area contributed by atoms with Gasteiger partial charge in [-0.15, -0.1) is 10.2 Å². The van der Waals surface area contributed by atoms with Crippen molar-refractivity contribution in [2.24, 2.45) is 5.92 Å². The third-order valence-corrected chi connectivity index (χ3v) is 6.58.